The van der Waals surface area contributed by atoms with Gasteiger partial charge in [-0.25, -0.2) is 4.39 Å². The number of aromatic nitrogens is 1. The molecule has 0 unspecified atom stereocenters. The number of carbonyl (C=O) groups excluding carboxylic acids is 1. The fourth-order valence-corrected chi connectivity index (χ4v) is 2.41. The molecule has 0 radical (unpaired) electrons. The molecule has 0 saturated carbocycles. The van der Waals surface area contributed by atoms with E-state index in [1.165, 1.54) is 6.07 Å². The van der Waals surface area contributed by atoms with Crippen molar-refractivity contribution >= 4 is 22.5 Å². The summed E-state index contributed by atoms with van der Waals surface area (Å²) in [7, 11) is 0. The normalized spacial score (nSPS) is 10.7. The lowest BCUT2D eigenvalue weighted by molar-refractivity contribution is 0.102. The highest BCUT2D eigenvalue weighted by atomic mass is 19.1. The third-order valence-electron chi connectivity index (χ3n) is 3.46. The van der Waals surface area contributed by atoms with Crippen LogP contribution < -0.4 is 5.32 Å². The van der Waals surface area contributed by atoms with Gasteiger partial charge in [0.15, 0.2) is 0 Å². The van der Waals surface area contributed by atoms with Crippen LogP contribution in [0.4, 0.5) is 10.1 Å². The van der Waals surface area contributed by atoms with Crippen LogP contribution in [0.25, 0.3) is 10.9 Å². The smallest absolute Gasteiger partial charge is 0.256 e. The molecule has 0 bridgehead atoms. The number of benzene rings is 2. The standard InChI is InChI=1S/C18H15FN2O/c1-11-7-8-17(15(19)9-11)21-18(22)14-10-12(2)20-16-6-4-3-5-13(14)16/h3-10H,1-2H3,(H,21,22). The minimum Gasteiger partial charge on any atom is -0.319 e. The lowest BCUT2D eigenvalue weighted by Crippen LogP contribution is -2.14. The van der Waals surface area contributed by atoms with Gasteiger partial charge in [0.1, 0.15) is 5.82 Å². The monoisotopic (exact) mass is 294 g/mol. The summed E-state index contributed by atoms with van der Waals surface area (Å²) in [5.74, 6) is -0.784. The zero-order valence-electron chi connectivity index (χ0n) is 12.4. The molecule has 0 spiro atoms. The molecule has 3 nitrogen and oxygen atoms in total. The summed E-state index contributed by atoms with van der Waals surface area (Å²) < 4.78 is 13.9. The van der Waals surface area contributed by atoms with Gasteiger partial charge in [-0.15, -0.1) is 0 Å². The third-order valence-corrected chi connectivity index (χ3v) is 3.46. The van der Waals surface area contributed by atoms with Gasteiger partial charge in [-0.3, -0.25) is 9.78 Å². The minimum atomic E-state index is -0.441. The van der Waals surface area contributed by atoms with E-state index in [2.05, 4.69) is 10.3 Å². The van der Waals surface area contributed by atoms with Crippen LogP contribution in [0.15, 0.2) is 48.5 Å². The number of hydrogen-bond donors (Lipinski definition) is 1. The Morgan fingerprint density at radius 3 is 2.64 bits per heavy atom. The van der Waals surface area contributed by atoms with Crippen molar-refractivity contribution in [3.8, 4) is 0 Å². The Morgan fingerprint density at radius 2 is 1.86 bits per heavy atom. The number of anilines is 1. The Kier molecular flexibility index (Phi) is 3.59. The highest BCUT2D eigenvalue weighted by Gasteiger charge is 2.13. The van der Waals surface area contributed by atoms with Gasteiger partial charge in [-0.1, -0.05) is 24.3 Å². The van der Waals surface area contributed by atoms with Crippen molar-refractivity contribution in [1.82, 2.24) is 4.98 Å². The van der Waals surface area contributed by atoms with Crippen molar-refractivity contribution in [2.45, 2.75) is 13.8 Å². The Morgan fingerprint density at radius 1 is 1.09 bits per heavy atom. The number of aryl methyl sites for hydroxylation is 2. The molecule has 0 aliphatic heterocycles. The maximum atomic E-state index is 13.9. The molecular formula is C18H15FN2O. The summed E-state index contributed by atoms with van der Waals surface area (Å²) >= 11 is 0. The number of amides is 1. The first kappa shape index (κ1) is 14.2. The summed E-state index contributed by atoms with van der Waals surface area (Å²) in [4.78, 5) is 16.9. The van der Waals surface area contributed by atoms with Gasteiger partial charge in [0.25, 0.3) is 5.91 Å². The molecule has 1 amide bonds. The molecule has 1 heterocycles. The number of halogens is 1. The van der Waals surface area contributed by atoms with Gasteiger partial charge < -0.3 is 5.32 Å². The van der Waals surface area contributed by atoms with E-state index in [1.807, 2.05) is 31.2 Å². The van der Waals surface area contributed by atoms with Crippen LogP contribution in [-0.2, 0) is 0 Å². The van der Waals surface area contributed by atoms with Crippen molar-refractivity contribution in [3.63, 3.8) is 0 Å². The first-order valence-electron chi connectivity index (χ1n) is 6.98. The average Bonchev–Trinajstić information content (AvgIpc) is 2.49. The molecule has 1 N–H and O–H groups in total. The van der Waals surface area contributed by atoms with Gasteiger partial charge in [-0.2, -0.15) is 0 Å². The van der Waals surface area contributed by atoms with Crippen LogP contribution in [0, 0.1) is 19.7 Å². The summed E-state index contributed by atoms with van der Waals surface area (Å²) in [6.07, 6.45) is 0. The fourth-order valence-electron chi connectivity index (χ4n) is 2.41. The van der Waals surface area contributed by atoms with E-state index < -0.39 is 5.82 Å². The summed E-state index contributed by atoms with van der Waals surface area (Å²) in [6.45, 7) is 3.63. The average molecular weight is 294 g/mol. The van der Waals surface area contributed by atoms with Crippen LogP contribution in [0.3, 0.4) is 0 Å². The second-order valence-electron chi connectivity index (χ2n) is 5.27. The quantitative estimate of drug-likeness (QED) is 0.768. The molecule has 3 rings (SSSR count). The molecule has 0 atom stereocenters. The number of nitrogens with zero attached hydrogens (tertiary/aromatic N) is 1. The number of pyridine rings is 1. The van der Waals surface area contributed by atoms with Crippen LogP contribution in [0.5, 0.6) is 0 Å². The lowest BCUT2D eigenvalue weighted by Gasteiger charge is -2.10. The molecule has 1 aromatic heterocycles. The summed E-state index contributed by atoms with van der Waals surface area (Å²) in [5.41, 5.74) is 2.96. The van der Waals surface area contributed by atoms with E-state index >= 15 is 0 Å². The van der Waals surface area contributed by atoms with E-state index in [0.717, 1.165) is 22.2 Å². The maximum Gasteiger partial charge on any atom is 0.256 e. The van der Waals surface area contributed by atoms with Crippen LogP contribution in [0.2, 0.25) is 0 Å². The van der Waals surface area contributed by atoms with Crippen molar-refractivity contribution in [1.29, 1.82) is 0 Å². The summed E-state index contributed by atoms with van der Waals surface area (Å²) in [6, 6.07) is 13.8. The second-order valence-corrected chi connectivity index (χ2v) is 5.27. The van der Waals surface area contributed by atoms with Gasteiger partial charge in [0.05, 0.1) is 16.8 Å². The molecule has 0 saturated heterocycles. The van der Waals surface area contributed by atoms with Crippen molar-refractivity contribution in [2.75, 3.05) is 5.32 Å². The number of para-hydroxylation sites is 1. The Balaban J connectivity index is 2.02. The van der Waals surface area contributed by atoms with Crippen LogP contribution >= 0.6 is 0 Å². The number of nitrogens with one attached hydrogen (secondary N) is 1. The Labute approximate surface area is 127 Å². The van der Waals surface area contributed by atoms with Crippen LogP contribution in [-0.4, -0.2) is 10.9 Å². The molecule has 110 valence electrons. The third kappa shape index (κ3) is 2.68. The minimum absolute atomic E-state index is 0.175. The number of fused-ring (bicyclic) bond motifs is 1. The molecule has 0 aliphatic rings. The van der Waals surface area contributed by atoms with E-state index in [4.69, 9.17) is 0 Å². The highest BCUT2D eigenvalue weighted by Crippen LogP contribution is 2.21. The molecule has 4 heteroatoms. The van der Waals surface area contributed by atoms with Gasteiger partial charge >= 0.3 is 0 Å². The zero-order valence-corrected chi connectivity index (χ0v) is 12.4. The van der Waals surface area contributed by atoms with E-state index in [-0.39, 0.29) is 11.6 Å². The zero-order chi connectivity index (χ0) is 15.7. The predicted molar refractivity (Wildman–Crippen MR) is 85.6 cm³/mol. The first-order chi connectivity index (χ1) is 10.5. The van der Waals surface area contributed by atoms with Gasteiger partial charge in [-0.05, 0) is 43.7 Å². The van der Waals surface area contributed by atoms with Crippen molar-refractivity contribution in [2.24, 2.45) is 0 Å². The molecule has 0 fully saturated rings. The fraction of sp³-hybridized carbons (Fsp3) is 0.111. The Bertz CT molecular complexity index is 874. The number of carbonyl (C=O) groups is 1. The van der Waals surface area contributed by atoms with Crippen molar-refractivity contribution in [3.05, 3.63) is 71.2 Å². The SMILES string of the molecule is Cc1ccc(NC(=O)c2cc(C)nc3ccccc23)c(F)c1. The van der Waals surface area contributed by atoms with Gasteiger partial charge in [0.2, 0.25) is 0 Å². The predicted octanol–water partition coefficient (Wildman–Crippen LogP) is 4.24. The number of rotatable bonds is 2. The largest absolute Gasteiger partial charge is 0.319 e. The van der Waals surface area contributed by atoms with E-state index in [9.17, 15) is 9.18 Å². The van der Waals surface area contributed by atoms with E-state index in [0.29, 0.717) is 5.56 Å². The maximum absolute atomic E-state index is 13.9. The highest BCUT2D eigenvalue weighted by molar-refractivity contribution is 6.12. The van der Waals surface area contributed by atoms with Crippen molar-refractivity contribution < 1.29 is 9.18 Å². The summed E-state index contributed by atoms with van der Waals surface area (Å²) in [5, 5.41) is 3.38. The molecule has 0 aliphatic carbocycles. The molecule has 22 heavy (non-hydrogen) atoms. The molecule has 2 aromatic carbocycles. The molecular weight excluding hydrogens is 279 g/mol. The number of hydrogen-bond acceptors (Lipinski definition) is 2. The first-order valence-corrected chi connectivity index (χ1v) is 6.98. The van der Waals surface area contributed by atoms with Crippen LogP contribution in [0.1, 0.15) is 21.6 Å². The van der Waals surface area contributed by atoms with Gasteiger partial charge in [0, 0.05) is 11.1 Å². The lowest BCUT2D eigenvalue weighted by atomic mass is 10.1. The molecule has 3 aromatic rings. The topological polar surface area (TPSA) is 42.0 Å². The van der Waals surface area contributed by atoms with E-state index in [1.54, 1.807) is 25.1 Å². The second kappa shape index (κ2) is 5.56. The Hall–Kier alpha value is -2.75.